The van der Waals surface area contributed by atoms with Gasteiger partial charge in [-0.05, 0) is 69.1 Å². The van der Waals surface area contributed by atoms with Crippen LogP contribution in [-0.4, -0.2) is 36.2 Å². The number of hydrogen-bond acceptors (Lipinski definition) is 2. The van der Waals surface area contributed by atoms with Crippen LogP contribution in [0.3, 0.4) is 0 Å². The Morgan fingerprint density at radius 1 is 1.04 bits per heavy atom. The highest BCUT2D eigenvalue weighted by Crippen LogP contribution is 2.38. The molecule has 1 aliphatic heterocycles. The molecule has 1 saturated carbocycles. The van der Waals surface area contributed by atoms with Gasteiger partial charge in [-0.2, -0.15) is 0 Å². The van der Waals surface area contributed by atoms with E-state index in [-0.39, 0.29) is 18.2 Å². The van der Waals surface area contributed by atoms with E-state index >= 15 is 0 Å². The van der Waals surface area contributed by atoms with Crippen LogP contribution in [0.4, 0.5) is 10.5 Å². The number of ether oxygens (including phenoxy) is 1. The maximum absolute atomic E-state index is 12.5. The van der Waals surface area contributed by atoms with Crippen LogP contribution in [0.5, 0.6) is 0 Å². The van der Waals surface area contributed by atoms with E-state index in [4.69, 9.17) is 4.74 Å². The molecule has 1 aromatic rings. The normalized spacial score (nSPS) is 28.2. The Balaban J connectivity index is 1.47. The zero-order valence-electron chi connectivity index (χ0n) is 18.0. The molecule has 2 aliphatic rings. The van der Waals surface area contributed by atoms with Crippen molar-refractivity contribution in [3.05, 3.63) is 29.8 Å². The number of rotatable bonds is 6. The average Bonchev–Trinajstić information content (AvgIpc) is 2.69. The number of anilines is 1. The quantitative estimate of drug-likeness (QED) is 0.593. The summed E-state index contributed by atoms with van der Waals surface area (Å²) in [5, 5.41) is 3.05. The Morgan fingerprint density at radius 3 is 2.29 bits per heavy atom. The van der Waals surface area contributed by atoms with Crippen LogP contribution >= 0.6 is 0 Å². The van der Waals surface area contributed by atoms with Gasteiger partial charge in [0.25, 0.3) is 0 Å². The van der Waals surface area contributed by atoms with Crippen LogP contribution in [0.25, 0.3) is 0 Å². The van der Waals surface area contributed by atoms with Crippen LogP contribution < -0.4 is 5.32 Å². The van der Waals surface area contributed by atoms with Gasteiger partial charge in [-0.1, -0.05) is 44.7 Å². The van der Waals surface area contributed by atoms with E-state index in [1.165, 1.54) is 56.9 Å². The molecule has 0 spiro atoms. The number of nitrogens with zero attached hydrogens (tertiary/aromatic N) is 1. The standard InChI is InChI=1S/C24H38N2O2/c1-4-5-6-7-20-8-10-21(11-9-20)22-12-14-23(15-13-22)25-24(27)26-16-18(2)28-19(3)17-26/h12-15,18-21H,4-11,16-17H2,1-3H3,(H,25,27). The molecule has 2 atom stereocenters. The topological polar surface area (TPSA) is 41.6 Å². The highest BCUT2D eigenvalue weighted by Gasteiger charge is 2.26. The molecule has 1 N–H and O–H groups in total. The van der Waals surface area contributed by atoms with E-state index in [2.05, 4.69) is 36.5 Å². The Hall–Kier alpha value is -1.55. The molecule has 28 heavy (non-hydrogen) atoms. The van der Waals surface area contributed by atoms with Gasteiger partial charge in [0.2, 0.25) is 0 Å². The van der Waals surface area contributed by atoms with Gasteiger partial charge in [0.15, 0.2) is 0 Å². The number of amides is 2. The number of nitrogens with one attached hydrogen (secondary N) is 1. The van der Waals surface area contributed by atoms with E-state index in [1.807, 2.05) is 18.7 Å². The fourth-order valence-electron chi connectivity index (χ4n) is 4.85. The SMILES string of the molecule is CCCCCC1CCC(c2ccc(NC(=O)N3CC(C)OC(C)C3)cc2)CC1. The second-order valence-corrected chi connectivity index (χ2v) is 8.93. The summed E-state index contributed by atoms with van der Waals surface area (Å²) in [6.07, 6.45) is 11.1. The van der Waals surface area contributed by atoms with E-state index in [0.717, 1.165) is 11.6 Å². The predicted octanol–water partition coefficient (Wildman–Crippen LogP) is 6.18. The summed E-state index contributed by atoms with van der Waals surface area (Å²) in [4.78, 5) is 14.4. The van der Waals surface area contributed by atoms with Crippen molar-refractivity contribution in [1.29, 1.82) is 0 Å². The number of benzene rings is 1. The summed E-state index contributed by atoms with van der Waals surface area (Å²) < 4.78 is 5.71. The maximum Gasteiger partial charge on any atom is 0.322 e. The Morgan fingerprint density at radius 2 is 1.68 bits per heavy atom. The second kappa shape index (κ2) is 10.3. The first-order valence-corrected chi connectivity index (χ1v) is 11.4. The third-order valence-electron chi connectivity index (χ3n) is 6.40. The van der Waals surface area contributed by atoms with Crippen LogP contribution in [0.15, 0.2) is 24.3 Å². The minimum atomic E-state index is -0.0256. The van der Waals surface area contributed by atoms with E-state index < -0.39 is 0 Å². The minimum Gasteiger partial charge on any atom is -0.372 e. The number of carbonyl (C=O) groups is 1. The fraction of sp³-hybridized carbons (Fsp3) is 0.708. The molecule has 2 unspecified atom stereocenters. The number of hydrogen-bond donors (Lipinski definition) is 1. The summed E-state index contributed by atoms with van der Waals surface area (Å²) >= 11 is 0. The van der Waals surface area contributed by atoms with Crippen LogP contribution in [0.2, 0.25) is 0 Å². The molecule has 0 radical (unpaired) electrons. The zero-order chi connectivity index (χ0) is 19.9. The fourth-order valence-corrected chi connectivity index (χ4v) is 4.85. The molecule has 0 bridgehead atoms. The highest BCUT2D eigenvalue weighted by atomic mass is 16.5. The summed E-state index contributed by atoms with van der Waals surface area (Å²) in [6, 6.07) is 8.52. The number of carbonyl (C=O) groups excluding carboxylic acids is 1. The molecular weight excluding hydrogens is 348 g/mol. The lowest BCUT2D eigenvalue weighted by atomic mass is 9.77. The molecule has 4 heteroatoms. The highest BCUT2D eigenvalue weighted by molar-refractivity contribution is 5.89. The van der Waals surface area contributed by atoms with E-state index in [0.29, 0.717) is 19.0 Å². The van der Waals surface area contributed by atoms with Crippen LogP contribution in [0, 0.1) is 5.92 Å². The number of unbranched alkanes of at least 4 members (excludes halogenated alkanes) is 2. The average molecular weight is 387 g/mol. The van der Waals surface area contributed by atoms with E-state index in [9.17, 15) is 4.79 Å². The molecule has 1 saturated heterocycles. The first-order valence-electron chi connectivity index (χ1n) is 11.4. The lowest BCUT2D eigenvalue weighted by Gasteiger charge is -2.35. The van der Waals surface area contributed by atoms with Gasteiger partial charge in [-0.3, -0.25) is 0 Å². The molecule has 1 aromatic carbocycles. The molecular formula is C24H38N2O2. The summed E-state index contributed by atoms with van der Waals surface area (Å²) in [5.41, 5.74) is 2.31. The first kappa shape index (κ1) is 21.2. The zero-order valence-corrected chi connectivity index (χ0v) is 18.0. The van der Waals surface area contributed by atoms with Crippen molar-refractivity contribution in [3.8, 4) is 0 Å². The lowest BCUT2D eigenvalue weighted by Crippen LogP contribution is -2.49. The van der Waals surface area contributed by atoms with Crippen molar-refractivity contribution in [3.63, 3.8) is 0 Å². The minimum absolute atomic E-state index is 0.0256. The monoisotopic (exact) mass is 386 g/mol. The smallest absolute Gasteiger partial charge is 0.322 e. The maximum atomic E-state index is 12.5. The molecule has 3 rings (SSSR count). The largest absolute Gasteiger partial charge is 0.372 e. The van der Waals surface area contributed by atoms with Crippen LogP contribution in [-0.2, 0) is 4.74 Å². The van der Waals surface area contributed by atoms with Crippen molar-refractivity contribution in [2.24, 2.45) is 5.92 Å². The Labute approximate surface area is 171 Å². The number of urea groups is 1. The lowest BCUT2D eigenvalue weighted by molar-refractivity contribution is -0.0530. The van der Waals surface area contributed by atoms with Crippen molar-refractivity contribution in [1.82, 2.24) is 4.90 Å². The predicted molar refractivity (Wildman–Crippen MR) is 116 cm³/mol. The summed E-state index contributed by atoms with van der Waals surface area (Å²) in [6.45, 7) is 7.61. The molecule has 1 aliphatic carbocycles. The molecule has 0 aromatic heterocycles. The number of morpholine rings is 1. The van der Waals surface area contributed by atoms with Crippen molar-refractivity contribution < 1.29 is 9.53 Å². The van der Waals surface area contributed by atoms with Crippen LogP contribution in [0.1, 0.15) is 83.6 Å². The molecule has 2 amide bonds. The van der Waals surface area contributed by atoms with Crippen molar-refractivity contribution in [2.75, 3.05) is 18.4 Å². The first-order chi connectivity index (χ1) is 13.5. The molecule has 4 nitrogen and oxygen atoms in total. The third kappa shape index (κ3) is 5.97. The van der Waals surface area contributed by atoms with Gasteiger partial charge in [0, 0.05) is 18.8 Å². The molecule has 156 valence electrons. The Bertz CT molecular complexity index is 598. The van der Waals surface area contributed by atoms with Gasteiger partial charge in [-0.15, -0.1) is 0 Å². The third-order valence-corrected chi connectivity index (χ3v) is 6.40. The Kier molecular flexibility index (Phi) is 7.78. The van der Waals surface area contributed by atoms with Crippen molar-refractivity contribution in [2.45, 2.75) is 90.3 Å². The van der Waals surface area contributed by atoms with Gasteiger partial charge in [0.1, 0.15) is 0 Å². The molecule has 1 heterocycles. The van der Waals surface area contributed by atoms with E-state index in [1.54, 1.807) is 0 Å². The van der Waals surface area contributed by atoms with Crippen molar-refractivity contribution >= 4 is 11.7 Å². The second-order valence-electron chi connectivity index (χ2n) is 8.93. The summed E-state index contributed by atoms with van der Waals surface area (Å²) in [5.74, 6) is 1.63. The summed E-state index contributed by atoms with van der Waals surface area (Å²) in [7, 11) is 0. The van der Waals surface area contributed by atoms with Gasteiger partial charge in [0.05, 0.1) is 12.2 Å². The van der Waals surface area contributed by atoms with Gasteiger partial charge < -0.3 is 15.0 Å². The molecule has 2 fully saturated rings. The van der Waals surface area contributed by atoms with Gasteiger partial charge >= 0.3 is 6.03 Å². The van der Waals surface area contributed by atoms with Gasteiger partial charge in [-0.25, -0.2) is 4.79 Å².